The van der Waals surface area contributed by atoms with Gasteiger partial charge in [-0.1, -0.05) is 0 Å². The molecule has 1 aromatic rings. The number of ether oxygens (including phenoxy) is 1. The van der Waals surface area contributed by atoms with Crippen LogP contribution in [-0.4, -0.2) is 48.6 Å². The van der Waals surface area contributed by atoms with Crippen LogP contribution >= 0.6 is 15.9 Å². The molecule has 1 fully saturated rings. The molecule has 6 nitrogen and oxygen atoms in total. The summed E-state index contributed by atoms with van der Waals surface area (Å²) >= 11 is 3.37. The lowest BCUT2D eigenvalue weighted by atomic mass is 10.3. The van der Waals surface area contributed by atoms with E-state index in [1.807, 2.05) is 4.90 Å². The van der Waals surface area contributed by atoms with Crippen molar-refractivity contribution in [2.75, 3.05) is 43.9 Å². The molecule has 2 rings (SSSR count). The van der Waals surface area contributed by atoms with Crippen molar-refractivity contribution in [3.05, 3.63) is 16.9 Å². The summed E-state index contributed by atoms with van der Waals surface area (Å²) < 4.78 is 6.01. The molecular formula is C12H17BrN4O2. The number of nitrogen functional groups attached to an aromatic ring is 1. The van der Waals surface area contributed by atoms with Gasteiger partial charge in [-0.25, -0.2) is 0 Å². The first-order chi connectivity index (χ1) is 9.18. The minimum Gasteiger partial charge on any atom is -0.396 e. The molecule has 0 atom stereocenters. The second-order valence-corrected chi connectivity index (χ2v) is 5.11. The highest BCUT2D eigenvalue weighted by molar-refractivity contribution is 9.10. The van der Waals surface area contributed by atoms with Gasteiger partial charge in [0.1, 0.15) is 0 Å². The number of pyridine rings is 1. The Morgan fingerprint density at radius 3 is 2.89 bits per heavy atom. The number of carbonyl (C=O) groups excluding carboxylic acids is 1. The number of aromatic nitrogens is 1. The molecule has 0 aliphatic carbocycles. The first kappa shape index (κ1) is 14.1. The zero-order valence-corrected chi connectivity index (χ0v) is 12.1. The Morgan fingerprint density at radius 1 is 1.47 bits per heavy atom. The molecule has 104 valence electrons. The summed E-state index contributed by atoms with van der Waals surface area (Å²) in [5.41, 5.74) is 7.16. The van der Waals surface area contributed by atoms with Gasteiger partial charge in [-0.05, 0) is 15.9 Å². The second-order valence-electron chi connectivity index (χ2n) is 4.26. The van der Waals surface area contributed by atoms with Crippen molar-refractivity contribution in [3.8, 4) is 0 Å². The lowest BCUT2D eigenvalue weighted by Gasteiger charge is -2.27. The van der Waals surface area contributed by atoms with Crippen LogP contribution in [0.15, 0.2) is 16.9 Å². The van der Waals surface area contributed by atoms with Gasteiger partial charge in [0, 0.05) is 32.3 Å². The number of rotatable bonds is 4. The van der Waals surface area contributed by atoms with Crippen LogP contribution in [-0.2, 0) is 9.53 Å². The summed E-state index contributed by atoms with van der Waals surface area (Å²) in [6.45, 7) is 3.16. The summed E-state index contributed by atoms with van der Waals surface area (Å²) in [7, 11) is 0. The highest BCUT2D eigenvalue weighted by Gasteiger charge is 2.16. The number of nitrogens with zero attached hydrogens (tertiary/aromatic N) is 2. The minimum atomic E-state index is 0.138. The largest absolute Gasteiger partial charge is 0.396 e. The van der Waals surface area contributed by atoms with Gasteiger partial charge in [0.25, 0.3) is 0 Å². The zero-order valence-electron chi connectivity index (χ0n) is 10.6. The monoisotopic (exact) mass is 328 g/mol. The number of halogens is 1. The van der Waals surface area contributed by atoms with E-state index in [0.29, 0.717) is 45.0 Å². The van der Waals surface area contributed by atoms with E-state index in [9.17, 15) is 4.79 Å². The van der Waals surface area contributed by atoms with Crippen LogP contribution in [0.2, 0.25) is 0 Å². The third-order valence-corrected chi connectivity index (χ3v) is 3.53. The van der Waals surface area contributed by atoms with Crippen LogP contribution < -0.4 is 11.1 Å². The highest BCUT2D eigenvalue weighted by atomic mass is 79.9. The average molecular weight is 329 g/mol. The van der Waals surface area contributed by atoms with Crippen molar-refractivity contribution in [1.82, 2.24) is 9.88 Å². The van der Waals surface area contributed by atoms with E-state index >= 15 is 0 Å². The van der Waals surface area contributed by atoms with Crippen LogP contribution in [0.5, 0.6) is 0 Å². The third-order valence-electron chi connectivity index (χ3n) is 2.93. The number of hydrogen-bond donors (Lipinski definition) is 2. The Morgan fingerprint density at radius 2 is 2.21 bits per heavy atom. The van der Waals surface area contributed by atoms with Crippen molar-refractivity contribution in [2.45, 2.75) is 6.42 Å². The van der Waals surface area contributed by atoms with E-state index in [0.717, 1.165) is 10.2 Å². The Labute approximate surface area is 120 Å². The van der Waals surface area contributed by atoms with Gasteiger partial charge >= 0.3 is 0 Å². The van der Waals surface area contributed by atoms with Crippen LogP contribution in [0.3, 0.4) is 0 Å². The molecule has 0 spiro atoms. The lowest BCUT2D eigenvalue weighted by molar-refractivity contribution is -0.134. The molecule has 1 aromatic heterocycles. The highest BCUT2D eigenvalue weighted by Crippen LogP contribution is 2.26. The van der Waals surface area contributed by atoms with Crippen molar-refractivity contribution < 1.29 is 9.53 Å². The van der Waals surface area contributed by atoms with Crippen LogP contribution in [0.4, 0.5) is 11.4 Å². The first-order valence-corrected chi connectivity index (χ1v) is 6.96. The Bertz CT molecular complexity index is 429. The Balaban J connectivity index is 1.81. The molecule has 0 unspecified atom stereocenters. The summed E-state index contributed by atoms with van der Waals surface area (Å²) in [5, 5.41) is 3.16. The number of morpholine rings is 1. The Hall–Kier alpha value is -1.34. The van der Waals surface area contributed by atoms with Gasteiger partial charge in [-0.2, -0.15) is 0 Å². The molecule has 0 radical (unpaired) electrons. The molecule has 2 heterocycles. The molecule has 7 heteroatoms. The smallest absolute Gasteiger partial charge is 0.224 e. The fourth-order valence-electron chi connectivity index (χ4n) is 1.90. The molecule has 19 heavy (non-hydrogen) atoms. The number of anilines is 2. The molecule has 0 bridgehead atoms. The summed E-state index contributed by atoms with van der Waals surface area (Å²) in [6.07, 6.45) is 3.69. The standard InChI is InChI=1S/C12H17BrN4O2/c13-9-7-15-8-10(14)12(9)16-2-1-11(18)17-3-5-19-6-4-17/h7-8H,1-6,14H2,(H,15,16). The predicted octanol–water partition coefficient (Wildman–Crippen LogP) is 1.09. The molecule has 1 aliphatic heterocycles. The van der Waals surface area contributed by atoms with E-state index in [1.165, 1.54) is 0 Å². The average Bonchev–Trinajstić information content (AvgIpc) is 2.43. The van der Waals surface area contributed by atoms with Gasteiger partial charge in [-0.3, -0.25) is 9.78 Å². The predicted molar refractivity (Wildman–Crippen MR) is 76.9 cm³/mol. The van der Waals surface area contributed by atoms with Crippen LogP contribution in [0, 0.1) is 0 Å². The summed E-state index contributed by atoms with van der Waals surface area (Å²) in [5.74, 6) is 0.138. The van der Waals surface area contributed by atoms with E-state index in [2.05, 4.69) is 26.2 Å². The van der Waals surface area contributed by atoms with Gasteiger partial charge in [0.05, 0.1) is 35.3 Å². The van der Waals surface area contributed by atoms with Crippen molar-refractivity contribution in [2.24, 2.45) is 0 Å². The normalized spacial score (nSPS) is 15.3. The van der Waals surface area contributed by atoms with Gasteiger partial charge < -0.3 is 20.7 Å². The quantitative estimate of drug-likeness (QED) is 0.864. The molecule has 1 aliphatic rings. The van der Waals surface area contributed by atoms with Crippen molar-refractivity contribution >= 4 is 33.2 Å². The third kappa shape index (κ3) is 3.81. The van der Waals surface area contributed by atoms with Crippen LogP contribution in [0.25, 0.3) is 0 Å². The van der Waals surface area contributed by atoms with E-state index < -0.39 is 0 Å². The molecule has 0 saturated carbocycles. The van der Waals surface area contributed by atoms with E-state index in [-0.39, 0.29) is 5.91 Å². The number of nitrogens with one attached hydrogen (secondary N) is 1. The molecule has 3 N–H and O–H groups in total. The molecule has 0 aromatic carbocycles. The molecule has 1 saturated heterocycles. The van der Waals surface area contributed by atoms with E-state index in [4.69, 9.17) is 10.5 Å². The maximum atomic E-state index is 11.9. The number of hydrogen-bond acceptors (Lipinski definition) is 5. The van der Waals surface area contributed by atoms with Crippen molar-refractivity contribution in [3.63, 3.8) is 0 Å². The Kier molecular flexibility index (Phi) is 4.98. The zero-order chi connectivity index (χ0) is 13.7. The summed E-state index contributed by atoms with van der Waals surface area (Å²) in [4.78, 5) is 17.7. The lowest BCUT2D eigenvalue weighted by Crippen LogP contribution is -2.41. The summed E-state index contributed by atoms with van der Waals surface area (Å²) in [6, 6.07) is 0. The fraction of sp³-hybridized carbons (Fsp3) is 0.500. The van der Waals surface area contributed by atoms with E-state index in [1.54, 1.807) is 12.4 Å². The molecular weight excluding hydrogens is 312 g/mol. The minimum absolute atomic E-state index is 0.138. The number of carbonyl (C=O) groups is 1. The maximum absolute atomic E-state index is 11.9. The van der Waals surface area contributed by atoms with Gasteiger partial charge in [0.15, 0.2) is 0 Å². The first-order valence-electron chi connectivity index (χ1n) is 6.17. The SMILES string of the molecule is Nc1cncc(Br)c1NCCC(=O)N1CCOCC1. The van der Waals surface area contributed by atoms with Gasteiger partial charge in [0.2, 0.25) is 5.91 Å². The van der Waals surface area contributed by atoms with Gasteiger partial charge in [-0.15, -0.1) is 0 Å². The number of amides is 1. The van der Waals surface area contributed by atoms with Crippen LogP contribution in [0.1, 0.15) is 6.42 Å². The van der Waals surface area contributed by atoms with Crippen molar-refractivity contribution in [1.29, 1.82) is 0 Å². The topological polar surface area (TPSA) is 80.5 Å². The fourth-order valence-corrected chi connectivity index (χ4v) is 2.39. The molecule has 1 amide bonds. The second kappa shape index (κ2) is 6.72. The maximum Gasteiger partial charge on any atom is 0.224 e. The number of nitrogens with two attached hydrogens (primary N) is 1.